The maximum Gasteiger partial charge on any atom is 0.220 e. The predicted octanol–water partition coefficient (Wildman–Crippen LogP) is 0.211. The molecule has 0 bridgehead atoms. The molecule has 1 N–H and O–H groups in total. The first-order valence-corrected chi connectivity index (χ1v) is 5.12. The third-order valence-electron chi connectivity index (χ3n) is 2.04. The van der Waals surface area contributed by atoms with E-state index in [4.69, 9.17) is 0 Å². The van der Waals surface area contributed by atoms with Gasteiger partial charge in [-0.25, -0.2) is 0 Å². The molecular formula is C10H18NO3-. The number of carboxylic acid groups (broad SMARTS) is 1. The van der Waals surface area contributed by atoms with Crippen molar-refractivity contribution in [3.8, 4) is 0 Å². The van der Waals surface area contributed by atoms with Crippen molar-refractivity contribution in [2.75, 3.05) is 0 Å². The summed E-state index contributed by atoms with van der Waals surface area (Å²) in [7, 11) is 0. The van der Waals surface area contributed by atoms with E-state index in [1.165, 1.54) is 0 Å². The molecule has 1 atom stereocenters. The standard InChI is InChI=1S/C10H19NO3/c1-3-5-6-7-9(12)11-8(4-2)10(13)14/h8H,3-7H2,1-2H3,(H,11,12)(H,13,14)/p-1/t8-/m1/s1. The Morgan fingerprint density at radius 3 is 2.36 bits per heavy atom. The number of rotatable bonds is 7. The van der Waals surface area contributed by atoms with E-state index in [9.17, 15) is 14.7 Å². The van der Waals surface area contributed by atoms with Crippen molar-refractivity contribution in [3.63, 3.8) is 0 Å². The summed E-state index contributed by atoms with van der Waals surface area (Å²) >= 11 is 0. The van der Waals surface area contributed by atoms with Crippen LogP contribution >= 0.6 is 0 Å². The van der Waals surface area contributed by atoms with Crippen LogP contribution in [0.15, 0.2) is 0 Å². The number of unbranched alkanes of at least 4 members (excludes halogenated alkanes) is 2. The van der Waals surface area contributed by atoms with Gasteiger partial charge in [-0.15, -0.1) is 0 Å². The second kappa shape index (κ2) is 7.35. The molecular weight excluding hydrogens is 182 g/mol. The quantitative estimate of drug-likeness (QED) is 0.597. The lowest BCUT2D eigenvalue weighted by Gasteiger charge is -2.17. The van der Waals surface area contributed by atoms with Crippen molar-refractivity contribution in [1.29, 1.82) is 0 Å². The Morgan fingerprint density at radius 1 is 1.29 bits per heavy atom. The zero-order valence-electron chi connectivity index (χ0n) is 8.84. The average molecular weight is 200 g/mol. The normalized spacial score (nSPS) is 12.1. The van der Waals surface area contributed by atoms with Crippen molar-refractivity contribution < 1.29 is 14.7 Å². The van der Waals surface area contributed by atoms with Crippen LogP contribution in [0.2, 0.25) is 0 Å². The summed E-state index contributed by atoms with van der Waals surface area (Å²) < 4.78 is 0. The van der Waals surface area contributed by atoms with Crippen LogP contribution in [-0.2, 0) is 9.59 Å². The highest BCUT2D eigenvalue weighted by Crippen LogP contribution is 1.99. The van der Waals surface area contributed by atoms with Crippen molar-refractivity contribution >= 4 is 11.9 Å². The highest BCUT2D eigenvalue weighted by molar-refractivity contribution is 5.82. The van der Waals surface area contributed by atoms with Crippen LogP contribution in [0, 0.1) is 0 Å². The molecule has 1 amide bonds. The van der Waals surface area contributed by atoms with Gasteiger partial charge in [0.1, 0.15) is 0 Å². The lowest BCUT2D eigenvalue weighted by atomic mass is 10.1. The molecule has 0 heterocycles. The SMILES string of the molecule is CCCCCC(=O)N[C@H](CC)C(=O)[O-]. The molecule has 0 aliphatic rings. The minimum Gasteiger partial charge on any atom is -0.548 e. The van der Waals surface area contributed by atoms with Crippen molar-refractivity contribution in [2.24, 2.45) is 0 Å². The van der Waals surface area contributed by atoms with Gasteiger partial charge in [0, 0.05) is 6.42 Å². The third kappa shape index (κ3) is 5.56. The van der Waals surface area contributed by atoms with Crippen LogP contribution in [0.3, 0.4) is 0 Å². The molecule has 0 aromatic carbocycles. The number of hydrogen-bond donors (Lipinski definition) is 1. The number of aliphatic carboxylic acids is 1. The lowest BCUT2D eigenvalue weighted by molar-refractivity contribution is -0.308. The van der Waals surface area contributed by atoms with Crippen LogP contribution < -0.4 is 10.4 Å². The molecule has 0 radical (unpaired) electrons. The van der Waals surface area contributed by atoms with Crippen LogP contribution in [0.5, 0.6) is 0 Å². The van der Waals surface area contributed by atoms with E-state index in [2.05, 4.69) is 5.32 Å². The Bertz CT molecular complexity index is 192. The molecule has 0 saturated heterocycles. The third-order valence-corrected chi connectivity index (χ3v) is 2.04. The van der Waals surface area contributed by atoms with E-state index in [-0.39, 0.29) is 5.91 Å². The molecule has 0 aliphatic carbocycles. The Kier molecular flexibility index (Phi) is 6.80. The van der Waals surface area contributed by atoms with Crippen molar-refractivity contribution in [2.45, 2.75) is 52.0 Å². The van der Waals surface area contributed by atoms with Gasteiger partial charge in [-0.2, -0.15) is 0 Å². The van der Waals surface area contributed by atoms with Gasteiger partial charge < -0.3 is 15.2 Å². The summed E-state index contributed by atoms with van der Waals surface area (Å²) in [5, 5.41) is 12.9. The highest BCUT2D eigenvalue weighted by atomic mass is 16.4. The molecule has 4 heteroatoms. The first-order valence-electron chi connectivity index (χ1n) is 5.12. The predicted molar refractivity (Wildman–Crippen MR) is 51.4 cm³/mol. The smallest absolute Gasteiger partial charge is 0.220 e. The van der Waals surface area contributed by atoms with Crippen LogP contribution in [-0.4, -0.2) is 17.9 Å². The minimum absolute atomic E-state index is 0.200. The summed E-state index contributed by atoms with van der Waals surface area (Å²) in [6.45, 7) is 3.75. The zero-order valence-corrected chi connectivity index (χ0v) is 8.84. The van der Waals surface area contributed by atoms with Gasteiger partial charge in [-0.05, 0) is 12.8 Å². The van der Waals surface area contributed by atoms with E-state index < -0.39 is 12.0 Å². The number of amides is 1. The van der Waals surface area contributed by atoms with E-state index in [0.717, 1.165) is 19.3 Å². The van der Waals surface area contributed by atoms with Gasteiger partial charge >= 0.3 is 0 Å². The number of hydrogen-bond acceptors (Lipinski definition) is 3. The van der Waals surface area contributed by atoms with Crippen LogP contribution in [0.1, 0.15) is 46.0 Å². The second-order valence-corrected chi connectivity index (χ2v) is 3.30. The second-order valence-electron chi connectivity index (χ2n) is 3.30. The van der Waals surface area contributed by atoms with Gasteiger partial charge in [-0.3, -0.25) is 4.79 Å². The number of carboxylic acids is 1. The van der Waals surface area contributed by atoms with E-state index in [1.54, 1.807) is 6.92 Å². The number of nitrogens with one attached hydrogen (secondary N) is 1. The fourth-order valence-electron chi connectivity index (χ4n) is 1.13. The highest BCUT2D eigenvalue weighted by Gasteiger charge is 2.10. The first-order chi connectivity index (χ1) is 6.61. The molecule has 0 unspecified atom stereocenters. The Hall–Kier alpha value is -1.06. The molecule has 0 spiro atoms. The number of carbonyl (C=O) groups excluding carboxylic acids is 2. The van der Waals surface area contributed by atoms with E-state index in [1.807, 2.05) is 6.92 Å². The van der Waals surface area contributed by atoms with E-state index in [0.29, 0.717) is 12.8 Å². The van der Waals surface area contributed by atoms with Crippen LogP contribution in [0.4, 0.5) is 0 Å². The molecule has 0 rings (SSSR count). The summed E-state index contributed by atoms with van der Waals surface area (Å²) in [4.78, 5) is 21.7. The zero-order chi connectivity index (χ0) is 11.0. The fourth-order valence-corrected chi connectivity index (χ4v) is 1.13. The Balaban J connectivity index is 3.74. The topological polar surface area (TPSA) is 69.2 Å². The number of carbonyl (C=O) groups is 2. The molecule has 4 nitrogen and oxygen atoms in total. The summed E-state index contributed by atoms with van der Waals surface area (Å²) in [5.74, 6) is -1.41. The average Bonchev–Trinajstić information content (AvgIpc) is 2.14. The van der Waals surface area contributed by atoms with Gasteiger partial charge in [0.25, 0.3) is 0 Å². The largest absolute Gasteiger partial charge is 0.548 e. The molecule has 14 heavy (non-hydrogen) atoms. The lowest BCUT2D eigenvalue weighted by Crippen LogP contribution is -2.47. The summed E-state index contributed by atoms with van der Waals surface area (Å²) in [5.41, 5.74) is 0. The van der Waals surface area contributed by atoms with Crippen molar-refractivity contribution in [3.05, 3.63) is 0 Å². The molecule has 82 valence electrons. The molecule has 0 aromatic heterocycles. The summed E-state index contributed by atoms with van der Waals surface area (Å²) in [6, 6.07) is -0.843. The molecule has 0 aromatic rings. The van der Waals surface area contributed by atoms with Gasteiger partial charge in [-0.1, -0.05) is 26.7 Å². The van der Waals surface area contributed by atoms with E-state index >= 15 is 0 Å². The van der Waals surface area contributed by atoms with Gasteiger partial charge in [0.15, 0.2) is 0 Å². The van der Waals surface area contributed by atoms with Crippen LogP contribution in [0.25, 0.3) is 0 Å². The molecule has 0 fully saturated rings. The fraction of sp³-hybridized carbons (Fsp3) is 0.800. The molecule has 0 saturated carbocycles. The van der Waals surface area contributed by atoms with Crippen molar-refractivity contribution in [1.82, 2.24) is 5.32 Å². The monoisotopic (exact) mass is 200 g/mol. The Labute approximate surface area is 84.7 Å². The molecule has 0 aliphatic heterocycles. The van der Waals surface area contributed by atoms with Gasteiger partial charge in [0.2, 0.25) is 5.91 Å². The Morgan fingerprint density at radius 2 is 1.93 bits per heavy atom. The van der Waals surface area contributed by atoms with Gasteiger partial charge in [0.05, 0.1) is 12.0 Å². The first kappa shape index (κ1) is 12.9. The maximum absolute atomic E-state index is 11.2. The summed E-state index contributed by atoms with van der Waals surface area (Å²) in [6.07, 6.45) is 3.62. The minimum atomic E-state index is -1.21. The maximum atomic E-state index is 11.2.